The van der Waals surface area contributed by atoms with Crippen LogP contribution in [0.4, 0.5) is 4.79 Å². The van der Waals surface area contributed by atoms with Crippen LogP contribution in [0.2, 0.25) is 0 Å². The summed E-state index contributed by atoms with van der Waals surface area (Å²) in [6.07, 6.45) is 1.86. The Morgan fingerprint density at radius 1 is 1.35 bits per heavy atom. The van der Waals surface area contributed by atoms with Crippen molar-refractivity contribution < 1.29 is 14.7 Å². The molecule has 0 aromatic heterocycles. The van der Waals surface area contributed by atoms with Gasteiger partial charge in [0.25, 0.3) is 0 Å². The molecule has 1 unspecified atom stereocenters. The number of nitrogens with one attached hydrogen (secondary N) is 2. The smallest absolute Gasteiger partial charge is 0.326 e. The van der Waals surface area contributed by atoms with Gasteiger partial charge in [0.15, 0.2) is 0 Å². The topological polar surface area (TPSA) is 78.4 Å². The predicted octanol–water partition coefficient (Wildman–Crippen LogP) is 2.09. The molecule has 0 saturated heterocycles. The van der Waals surface area contributed by atoms with Gasteiger partial charge in [0, 0.05) is 6.54 Å². The minimum atomic E-state index is -0.999. The maximum Gasteiger partial charge on any atom is 0.326 e. The molecule has 1 aromatic carbocycles. The van der Waals surface area contributed by atoms with E-state index in [-0.39, 0.29) is 0 Å². The number of hydrogen-bond donors (Lipinski definition) is 3. The van der Waals surface area contributed by atoms with Gasteiger partial charge in [-0.1, -0.05) is 43.2 Å². The van der Waals surface area contributed by atoms with Crippen LogP contribution in [-0.2, 0) is 11.2 Å². The summed E-state index contributed by atoms with van der Waals surface area (Å²) in [7, 11) is 0. The van der Waals surface area contributed by atoms with Crippen molar-refractivity contribution in [2.24, 2.45) is 0 Å². The molecule has 0 radical (unpaired) electrons. The first kappa shape index (κ1) is 16.0. The van der Waals surface area contributed by atoms with E-state index in [4.69, 9.17) is 5.11 Å². The Hall–Kier alpha value is -2.04. The third-order valence-electron chi connectivity index (χ3n) is 2.96. The Balaban J connectivity index is 2.34. The molecular formula is C15H22N2O3. The van der Waals surface area contributed by atoms with Gasteiger partial charge in [0.1, 0.15) is 6.04 Å². The van der Waals surface area contributed by atoms with E-state index < -0.39 is 18.0 Å². The Labute approximate surface area is 119 Å². The fourth-order valence-corrected chi connectivity index (χ4v) is 1.94. The zero-order valence-electron chi connectivity index (χ0n) is 12.0. The van der Waals surface area contributed by atoms with Crippen LogP contribution in [0.25, 0.3) is 0 Å². The second-order valence-electron chi connectivity index (χ2n) is 4.82. The van der Waals surface area contributed by atoms with Gasteiger partial charge in [-0.25, -0.2) is 9.59 Å². The highest BCUT2D eigenvalue weighted by molar-refractivity contribution is 5.82. The van der Waals surface area contributed by atoms with Crippen molar-refractivity contribution in [3.8, 4) is 0 Å². The molecule has 0 aliphatic carbocycles. The zero-order valence-corrected chi connectivity index (χ0v) is 12.0. The van der Waals surface area contributed by atoms with Gasteiger partial charge >= 0.3 is 12.0 Å². The number of carbonyl (C=O) groups is 2. The third kappa shape index (κ3) is 5.73. The minimum absolute atomic E-state index is 0.431. The van der Waals surface area contributed by atoms with E-state index in [9.17, 15) is 9.59 Å². The highest BCUT2D eigenvalue weighted by Crippen LogP contribution is 2.04. The Bertz CT molecular complexity index is 460. The summed E-state index contributed by atoms with van der Waals surface area (Å²) >= 11 is 0. The van der Waals surface area contributed by atoms with Gasteiger partial charge in [-0.3, -0.25) is 0 Å². The van der Waals surface area contributed by atoms with E-state index in [0.717, 1.165) is 12.0 Å². The molecule has 1 rings (SSSR count). The number of aliphatic carboxylic acids is 1. The number of carbonyl (C=O) groups excluding carboxylic acids is 1. The van der Waals surface area contributed by atoms with Crippen molar-refractivity contribution in [1.82, 2.24) is 10.6 Å². The monoisotopic (exact) mass is 278 g/mol. The molecule has 110 valence electrons. The van der Waals surface area contributed by atoms with Crippen molar-refractivity contribution in [2.75, 3.05) is 6.54 Å². The molecule has 20 heavy (non-hydrogen) atoms. The molecule has 3 N–H and O–H groups in total. The van der Waals surface area contributed by atoms with Crippen LogP contribution in [0.1, 0.15) is 30.9 Å². The van der Waals surface area contributed by atoms with Crippen LogP contribution in [0, 0.1) is 6.92 Å². The molecule has 5 nitrogen and oxygen atoms in total. The van der Waals surface area contributed by atoms with Gasteiger partial charge in [-0.05, 0) is 25.3 Å². The van der Waals surface area contributed by atoms with Crippen molar-refractivity contribution in [2.45, 2.75) is 39.2 Å². The molecular weight excluding hydrogens is 256 g/mol. The zero-order chi connectivity index (χ0) is 15.0. The van der Waals surface area contributed by atoms with E-state index in [1.54, 1.807) is 0 Å². The van der Waals surface area contributed by atoms with Crippen LogP contribution in [0.5, 0.6) is 0 Å². The first-order valence-electron chi connectivity index (χ1n) is 6.85. The Morgan fingerprint density at radius 3 is 2.70 bits per heavy atom. The third-order valence-corrected chi connectivity index (χ3v) is 2.96. The largest absolute Gasteiger partial charge is 0.480 e. The number of rotatable bonds is 7. The van der Waals surface area contributed by atoms with Crippen LogP contribution >= 0.6 is 0 Å². The predicted molar refractivity (Wildman–Crippen MR) is 77.7 cm³/mol. The summed E-state index contributed by atoms with van der Waals surface area (Å²) in [5, 5.41) is 14.1. The fraction of sp³-hybridized carbons (Fsp3) is 0.467. The SMILES string of the molecule is CCCC(NC(=O)NCCc1cccc(C)c1)C(=O)O. The summed E-state index contributed by atoms with van der Waals surface area (Å²) < 4.78 is 0. The van der Waals surface area contributed by atoms with Crippen molar-refractivity contribution >= 4 is 12.0 Å². The number of urea groups is 1. The maximum atomic E-state index is 11.6. The van der Waals surface area contributed by atoms with E-state index in [1.807, 2.05) is 32.0 Å². The van der Waals surface area contributed by atoms with Crippen molar-refractivity contribution in [3.63, 3.8) is 0 Å². The van der Waals surface area contributed by atoms with Gasteiger partial charge < -0.3 is 15.7 Å². The molecule has 0 bridgehead atoms. The second kappa shape index (κ2) is 8.19. The molecule has 5 heteroatoms. The van der Waals surface area contributed by atoms with Crippen LogP contribution in [0.15, 0.2) is 24.3 Å². The Morgan fingerprint density at radius 2 is 2.10 bits per heavy atom. The van der Waals surface area contributed by atoms with E-state index in [0.29, 0.717) is 19.4 Å². The first-order chi connectivity index (χ1) is 9.52. The number of hydrogen-bond acceptors (Lipinski definition) is 2. The lowest BCUT2D eigenvalue weighted by atomic mass is 10.1. The molecule has 0 saturated carbocycles. The number of carboxylic acid groups (broad SMARTS) is 1. The normalized spacial score (nSPS) is 11.7. The van der Waals surface area contributed by atoms with Crippen molar-refractivity contribution in [3.05, 3.63) is 35.4 Å². The lowest BCUT2D eigenvalue weighted by Crippen LogP contribution is -2.46. The standard InChI is InChI=1S/C15H22N2O3/c1-3-5-13(14(18)19)17-15(20)16-9-8-12-7-4-6-11(2)10-12/h4,6-7,10,13H,3,5,8-9H2,1-2H3,(H,18,19)(H2,16,17,20). The number of aryl methyl sites for hydroxylation is 1. The molecule has 1 aromatic rings. The summed E-state index contributed by atoms with van der Waals surface area (Å²) in [5.74, 6) is -0.999. The second-order valence-corrected chi connectivity index (χ2v) is 4.82. The van der Waals surface area contributed by atoms with E-state index >= 15 is 0 Å². The molecule has 0 aliphatic rings. The number of benzene rings is 1. The maximum absolute atomic E-state index is 11.6. The fourth-order valence-electron chi connectivity index (χ4n) is 1.94. The first-order valence-corrected chi connectivity index (χ1v) is 6.85. The number of amides is 2. The van der Waals surface area contributed by atoms with Crippen LogP contribution in [0.3, 0.4) is 0 Å². The van der Waals surface area contributed by atoms with Gasteiger partial charge in [-0.15, -0.1) is 0 Å². The van der Waals surface area contributed by atoms with Gasteiger partial charge in [0.2, 0.25) is 0 Å². The highest BCUT2D eigenvalue weighted by Gasteiger charge is 2.18. The average molecular weight is 278 g/mol. The van der Waals surface area contributed by atoms with E-state index in [2.05, 4.69) is 16.7 Å². The highest BCUT2D eigenvalue weighted by atomic mass is 16.4. The van der Waals surface area contributed by atoms with Gasteiger partial charge in [0.05, 0.1) is 0 Å². The molecule has 0 fully saturated rings. The molecule has 0 heterocycles. The summed E-state index contributed by atoms with van der Waals surface area (Å²) in [6, 6.07) is 6.82. The lowest BCUT2D eigenvalue weighted by molar-refractivity contribution is -0.139. The number of carboxylic acids is 1. The quantitative estimate of drug-likeness (QED) is 0.714. The Kier molecular flexibility index (Phi) is 6.56. The van der Waals surface area contributed by atoms with E-state index in [1.165, 1.54) is 5.56 Å². The summed E-state index contributed by atoms with van der Waals surface area (Å²) in [5.41, 5.74) is 2.33. The minimum Gasteiger partial charge on any atom is -0.480 e. The summed E-state index contributed by atoms with van der Waals surface area (Å²) in [6.45, 7) is 4.38. The lowest BCUT2D eigenvalue weighted by Gasteiger charge is -2.14. The molecule has 2 amide bonds. The summed E-state index contributed by atoms with van der Waals surface area (Å²) in [4.78, 5) is 22.5. The van der Waals surface area contributed by atoms with Crippen LogP contribution in [-0.4, -0.2) is 29.7 Å². The molecule has 0 spiro atoms. The van der Waals surface area contributed by atoms with Crippen molar-refractivity contribution in [1.29, 1.82) is 0 Å². The molecule has 1 atom stereocenters. The van der Waals surface area contributed by atoms with Gasteiger partial charge in [-0.2, -0.15) is 0 Å². The van der Waals surface area contributed by atoms with Crippen LogP contribution < -0.4 is 10.6 Å². The molecule has 0 aliphatic heterocycles. The average Bonchev–Trinajstić information content (AvgIpc) is 2.38.